The molecule has 0 saturated heterocycles. The quantitative estimate of drug-likeness (QED) is 0.559. The van der Waals surface area contributed by atoms with E-state index in [0.717, 1.165) is 16.7 Å². The second-order valence-corrected chi connectivity index (χ2v) is 8.67. The topological polar surface area (TPSA) is 93.7 Å². The van der Waals surface area contributed by atoms with Gasteiger partial charge in [0.2, 0.25) is 0 Å². The molecule has 7 nitrogen and oxygen atoms in total. The minimum atomic E-state index is -4.09. The van der Waals surface area contributed by atoms with Crippen molar-refractivity contribution in [2.24, 2.45) is 0 Å². The van der Waals surface area contributed by atoms with Crippen molar-refractivity contribution in [3.8, 4) is 22.6 Å². The van der Waals surface area contributed by atoms with Gasteiger partial charge >= 0.3 is 0 Å². The summed E-state index contributed by atoms with van der Waals surface area (Å²) in [5.74, 6) is -0.0811. The summed E-state index contributed by atoms with van der Waals surface area (Å²) in [5.41, 5.74) is 4.98. The van der Waals surface area contributed by atoms with Crippen LogP contribution in [-0.4, -0.2) is 28.5 Å². The molecule has 1 amide bonds. The van der Waals surface area contributed by atoms with E-state index in [1.54, 1.807) is 11.4 Å². The Hall–Kier alpha value is -2.88. The highest BCUT2D eigenvalue weighted by molar-refractivity contribution is 7.89. The number of ether oxygens (including phenoxy) is 2. The summed E-state index contributed by atoms with van der Waals surface area (Å²) in [4.78, 5) is 15.0. The van der Waals surface area contributed by atoms with Gasteiger partial charge in [-0.3, -0.25) is 10.2 Å². The number of hydrogen-bond acceptors (Lipinski definition) is 6. The number of benzene rings is 2. The first-order chi connectivity index (χ1) is 13.9. The molecule has 0 fully saturated rings. The van der Waals surface area contributed by atoms with Crippen molar-refractivity contribution in [1.29, 1.82) is 0 Å². The van der Waals surface area contributed by atoms with Crippen molar-refractivity contribution in [3.05, 3.63) is 64.4 Å². The maximum atomic E-state index is 12.7. The van der Waals surface area contributed by atoms with Crippen molar-refractivity contribution in [3.63, 3.8) is 0 Å². The van der Waals surface area contributed by atoms with Gasteiger partial charge in [-0.2, -0.15) is 0 Å². The SMILES string of the molecule is COc1ccc(OC)c(S(=O)(=O)NNC(=O)c2sccc2-c2ccc(C)cc2)c1. The largest absolute Gasteiger partial charge is 0.497 e. The van der Waals surface area contributed by atoms with Crippen LogP contribution in [0.15, 0.2) is 58.8 Å². The highest BCUT2D eigenvalue weighted by Gasteiger charge is 2.23. The van der Waals surface area contributed by atoms with E-state index in [1.807, 2.05) is 37.3 Å². The zero-order valence-electron chi connectivity index (χ0n) is 16.1. The lowest BCUT2D eigenvalue weighted by molar-refractivity contribution is 0.0949. The zero-order valence-corrected chi connectivity index (χ0v) is 17.7. The van der Waals surface area contributed by atoms with Crippen LogP contribution >= 0.6 is 11.3 Å². The van der Waals surface area contributed by atoms with E-state index in [1.165, 1.54) is 37.7 Å². The van der Waals surface area contributed by atoms with E-state index in [0.29, 0.717) is 10.6 Å². The number of hydrazine groups is 1. The maximum absolute atomic E-state index is 12.7. The summed E-state index contributed by atoms with van der Waals surface area (Å²) >= 11 is 1.23. The Morgan fingerprint density at radius 1 is 1.00 bits per heavy atom. The minimum Gasteiger partial charge on any atom is -0.497 e. The molecule has 9 heteroatoms. The van der Waals surface area contributed by atoms with Gasteiger partial charge in [-0.05, 0) is 36.1 Å². The number of hydrogen-bond donors (Lipinski definition) is 2. The zero-order chi connectivity index (χ0) is 21.0. The highest BCUT2D eigenvalue weighted by atomic mass is 32.2. The van der Waals surface area contributed by atoms with Crippen LogP contribution < -0.4 is 19.7 Å². The molecule has 0 saturated carbocycles. The predicted octanol–water partition coefficient (Wildman–Crippen LogP) is 3.36. The first kappa shape index (κ1) is 20.8. The van der Waals surface area contributed by atoms with Crippen LogP contribution in [0.2, 0.25) is 0 Å². The fourth-order valence-electron chi connectivity index (χ4n) is 2.66. The van der Waals surface area contributed by atoms with Crippen LogP contribution in [0.25, 0.3) is 11.1 Å². The average Bonchev–Trinajstić information content (AvgIpc) is 3.22. The molecule has 2 N–H and O–H groups in total. The molecule has 1 heterocycles. The number of carbonyl (C=O) groups is 1. The minimum absolute atomic E-state index is 0.129. The Balaban J connectivity index is 1.81. The Labute approximate surface area is 173 Å². The smallest absolute Gasteiger partial charge is 0.276 e. The van der Waals surface area contributed by atoms with Gasteiger partial charge in [0, 0.05) is 11.6 Å². The number of sulfonamides is 1. The summed E-state index contributed by atoms with van der Waals surface area (Å²) in [6, 6.07) is 13.9. The van der Waals surface area contributed by atoms with Crippen LogP contribution in [0.1, 0.15) is 15.2 Å². The van der Waals surface area contributed by atoms with Gasteiger partial charge in [-0.15, -0.1) is 16.2 Å². The Kier molecular flexibility index (Phi) is 6.21. The van der Waals surface area contributed by atoms with Gasteiger partial charge < -0.3 is 9.47 Å². The van der Waals surface area contributed by atoms with E-state index in [-0.39, 0.29) is 10.6 Å². The summed E-state index contributed by atoms with van der Waals surface area (Å²) < 4.78 is 35.6. The molecule has 1 aromatic heterocycles. The number of nitrogens with one attached hydrogen (secondary N) is 2. The third kappa shape index (κ3) is 4.58. The van der Waals surface area contributed by atoms with Crippen LogP contribution in [0.3, 0.4) is 0 Å². The van der Waals surface area contributed by atoms with Gasteiger partial charge in [0.05, 0.1) is 14.2 Å². The van der Waals surface area contributed by atoms with Gasteiger partial charge in [0.15, 0.2) is 0 Å². The molecule has 152 valence electrons. The Morgan fingerprint density at radius 2 is 1.72 bits per heavy atom. The maximum Gasteiger partial charge on any atom is 0.276 e. The number of amides is 1. The second kappa shape index (κ2) is 8.64. The summed E-state index contributed by atoms with van der Waals surface area (Å²) in [6.07, 6.45) is 0. The Morgan fingerprint density at radius 3 is 2.38 bits per heavy atom. The molecule has 3 aromatic rings. The fourth-order valence-corrected chi connectivity index (χ4v) is 4.50. The number of methoxy groups -OCH3 is 2. The lowest BCUT2D eigenvalue weighted by atomic mass is 10.1. The molecular weight excluding hydrogens is 412 g/mol. The second-order valence-electron chi connectivity index (χ2n) is 6.11. The fraction of sp³-hybridized carbons (Fsp3) is 0.150. The molecule has 3 rings (SSSR count). The summed E-state index contributed by atoms with van der Waals surface area (Å²) in [7, 11) is -1.30. The highest BCUT2D eigenvalue weighted by Crippen LogP contribution is 2.29. The van der Waals surface area contributed by atoms with Crippen molar-refractivity contribution >= 4 is 27.3 Å². The number of thiophene rings is 1. The van der Waals surface area contributed by atoms with Crippen LogP contribution in [0, 0.1) is 6.92 Å². The van der Waals surface area contributed by atoms with Crippen molar-refractivity contribution in [1.82, 2.24) is 10.3 Å². The van der Waals surface area contributed by atoms with Crippen LogP contribution in [0.4, 0.5) is 0 Å². The molecule has 2 aromatic carbocycles. The predicted molar refractivity (Wildman–Crippen MR) is 112 cm³/mol. The van der Waals surface area contributed by atoms with Crippen molar-refractivity contribution < 1.29 is 22.7 Å². The van der Waals surface area contributed by atoms with E-state index >= 15 is 0 Å². The molecule has 0 spiro atoms. The van der Waals surface area contributed by atoms with E-state index in [9.17, 15) is 13.2 Å². The molecule has 0 radical (unpaired) electrons. The molecular formula is C20H20N2O5S2. The van der Waals surface area contributed by atoms with E-state index in [2.05, 4.69) is 10.3 Å². The molecule has 0 aliphatic heterocycles. The molecule has 0 atom stereocenters. The third-order valence-electron chi connectivity index (χ3n) is 4.19. The van der Waals surface area contributed by atoms with E-state index in [4.69, 9.17) is 9.47 Å². The van der Waals surface area contributed by atoms with Gasteiger partial charge in [0.25, 0.3) is 15.9 Å². The standard InChI is InChI=1S/C20H20N2O5S2/c1-13-4-6-14(7-5-13)16-10-11-28-19(16)20(23)21-22-29(24,25)18-12-15(26-2)8-9-17(18)27-3/h4-12,22H,1-3H3,(H,21,23). The lowest BCUT2D eigenvalue weighted by Crippen LogP contribution is -2.41. The lowest BCUT2D eigenvalue weighted by Gasteiger charge is -2.13. The van der Waals surface area contributed by atoms with Crippen LogP contribution in [-0.2, 0) is 10.0 Å². The monoisotopic (exact) mass is 432 g/mol. The average molecular weight is 433 g/mol. The van der Waals surface area contributed by atoms with Crippen molar-refractivity contribution in [2.45, 2.75) is 11.8 Å². The first-order valence-corrected chi connectivity index (χ1v) is 10.9. The van der Waals surface area contributed by atoms with E-state index < -0.39 is 15.9 Å². The number of carbonyl (C=O) groups excluding carboxylic acids is 1. The normalized spacial score (nSPS) is 11.1. The number of rotatable bonds is 7. The molecule has 0 bridgehead atoms. The summed E-state index contributed by atoms with van der Waals surface area (Å²) in [6.45, 7) is 1.98. The van der Waals surface area contributed by atoms with Crippen molar-refractivity contribution in [2.75, 3.05) is 14.2 Å². The Bertz CT molecular complexity index is 1120. The van der Waals surface area contributed by atoms with Crippen LogP contribution in [0.5, 0.6) is 11.5 Å². The number of aryl methyl sites for hydroxylation is 1. The van der Waals surface area contributed by atoms with Gasteiger partial charge in [-0.1, -0.05) is 29.8 Å². The molecule has 0 unspecified atom stereocenters. The molecule has 0 aliphatic carbocycles. The first-order valence-electron chi connectivity index (χ1n) is 8.54. The van der Waals surface area contributed by atoms with Gasteiger partial charge in [0.1, 0.15) is 21.3 Å². The summed E-state index contributed by atoms with van der Waals surface area (Å²) in [5, 5.41) is 1.78. The molecule has 29 heavy (non-hydrogen) atoms. The van der Waals surface area contributed by atoms with Gasteiger partial charge in [-0.25, -0.2) is 8.42 Å². The third-order valence-corrected chi connectivity index (χ3v) is 6.38. The molecule has 0 aliphatic rings.